The molecule has 2 aromatic carbocycles. The van der Waals surface area contributed by atoms with Crippen LogP contribution in [0, 0.1) is 31.5 Å². The number of piperidine rings is 1. The van der Waals surface area contributed by atoms with E-state index < -0.39 is 0 Å². The van der Waals surface area contributed by atoms with Gasteiger partial charge < -0.3 is 14.8 Å². The number of hydrogen-bond acceptors (Lipinski definition) is 4. The van der Waals surface area contributed by atoms with Gasteiger partial charge in [0.1, 0.15) is 17.2 Å². The summed E-state index contributed by atoms with van der Waals surface area (Å²) in [6.07, 6.45) is 1.08. The number of likely N-dealkylation sites (tertiary alicyclic amines) is 1. The predicted molar refractivity (Wildman–Crippen MR) is 139 cm³/mol. The number of fused-ring (bicyclic) bond motifs is 2. The molecule has 1 aliphatic heterocycles. The van der Waals surface area contributed by atoms with Crippen LogP contribution < -0.4 is 5.32 Å². The largest absolute Gasteiger partial charge is 0.349 e. The first-order chi connectivity index (χ1) is 17.3. The minimum Gasteiger partial charge on any atom is -0.349 e. The van der Waals surface area contributed by atoms with E-state index in [2.05, 4.69) is 16.4 Å². The van der Waals surface area contributed by atoms with Crippen molar-refractivity contribution in [3.63, 3.8) is 0 Å². The van der Waals surface area contributed by atoms with Crippen molar-refractivity contribution < 1.29 is 14.0 Å². The van der Waals surface area contributed by atoms with Crippen LogP contribution in [0.3, 0.4) is 0 Å². The highest BCUT2D eigenvalue weighted by Crippen LogP contribution is 2.50. The van der Waals surface area contributed by atoms with E-state index in [1.807, 2.05) is 36.9 Å². The topological polar surface area (TPSA) is 67.2 Å². The lowest BCUT2D eigenvalue weighted by molar-refractivity contribution is 0.0690. The SMILES string of the molecule is Cc1cccc(-c2sc(C)nc2C(=O)N2C[C@H]3C[C@H]3[C@H]2CNC(=O)c2cc3cc(F)ccc3n2C)c1. The van der Waals surface area contributed by atoms with Crippen molar-refractivity contribution in [3.05, 3.63) is 76.3 Å². The molecule has 0 radical (unpaired) electrons. The van der Waals surface area contributed by atoms with E-state index in [-0.39, 0.29) is 23.7 Å². The molecule has 1 aliphatic carbocycles. The molecule has 2 aromatic heterocycles. The molecule has 1 N–H and O–H groups in total. The summed E-state index contributed by atoms with van der Waals surface area (Å²) < 4.78 is 15.4. The van der Waals surface area contributed by atoms with E-state index in [0.29, 0.717) is 41.7 Å². The monoisotopic (exact) mass is 502 g/mol. The Hall–Kier alpha value is -3.52. The molecule has 184 valence electrons. The molecule has 8 heteroatoms. The van der Waals surface area contributed by atoms with Gasteiger partial charge in [-0.2, -0.15) is 0 Å². The summed E-state index contributed by atoms with van der Waals surface area (Å²) in [6, 6.07) is 14.3. The van der Waals surface area contributed by atoms with Gasteiger partial charge >= 0.3 is 0 Å². The number of carbonyl (C=O) groups is 2. The number of hydrogen-bond donors (Lipinski definition) is 1. The Labute approximate surface area is 212 Å². The maximum Gasteiger partial charge on any atom is 0.274 e. The number of thiazole rings is 1. The fourth-order valence-corrected chi connectivity index (χ4v) is 6.49. The second-order valence-electron chi connectivity index (χ2n) is 9.97. The van der Waals surface area contributed by atoms with Crippen molar-refractivity contribution in [1.29, 1.82) is 0 Å². The molecule has 3 heterocycles. The quantitative estimate of drug-likeness (QED) is 0.420. The molecular formula is C28H27FN4O2S. The number of aromatic nitrogens is 2. The number of nitrogens with zero attached hydrogens (tertiary/aromatic N) is 3. The fourth-order valence-electron chi connectivity index (χ4n) is 5.58. The first-order valence-corrected chi connectivity index (χ1v) is 13.0. The van der Waals surface area contributed by atoms with Crippen LogP contribution >= 0.6 is 11.3 Å². The second-order valence-corrected chi connectivity index (χ2v) is 11.2. The molecule has 2 aliphatic rings. The van der Waals surface area contributed by atoms with Crippen LogP contribution in [0.5, 0.6) is 0 Å². The van der Waals surface area contributed by atoms with Gasteiger partial charge in [0.25, 0.3) is 11.8 Å². The summed E-state index contributed by atoms with van der Waals surface area (Å²) in [4.78, 5) is 34.3. The summed E-state index contributed by atoms with van der Waals surface area (Å²) in [7, 11) is 1.80. The van der Waals surface area contributed by atoms with Gasteiger partial charge in [-0.25, -0.2) is 9.37 Å². The highest BCUT2D eigenvalue weighted by atomic mass is 32.1. The minimum absolute atomic E-state index is 0.0639. The Morgan fingerprint density at radius 1 is 1.17 bits per heavy atom. The van der Waals surface area contributed by atoms with E-state index in [1.165, 1.54) is 23.5 Å². The molecule has 0 bridgehead atoms. The molecule has 1 saturated heterocycles. The number of nitrogens with one attached hydrogen (secondary N) is 1. The highest BCUT2D eigenvalue weighted by molar-refractivity contribution is 7.15. The van der Waals surface area contributed by atoms with Gasteiger partial charge in [0.2, 0.25) is 0 Å². The standard InChI is InChI=1S/C28H27FN4O2S/c1-15-5-4-6-17(9-15)26-25(31-16(2)36-26)28(35)33-14-19-11-21(19)24(33)13-30-27(34)23-12-18-10-20(29)7-8-22(18)32(23)3/h4-10,12,19,21,24H,11,13-14H2,1-3H3,(H,30,34)/t19-,21-,24-/m1/s1. The molecule has 2 amide bonds. The summed E-state index contributed by atoms with van der Waals surface area (Å²) in [5, 5.41) is 4.59. The Bertz CT molecular complexity index is 1520. The van der Waals surface area contributed by atoms with E-state index in [4.69, 9.17) is 0 Å². The molecule has 36 heavy (non-hydrogen) atoms. The lowest BCUT2D eigenvalue weighted by Gasteiger charge is -2.27. The Morgan fingerprint density at radius 3 is 2.81 bits per heavy atom. The molecule has 1 saturated carbocycles. The average Bonchev–Trinajstić information content (AvgIpc) is 3.18. The smallest absolute Gasteiger partial charge is 0.274 e. The Morgan fingerprint density at radius 2 is 2.00 bits per heavy atom. The van der Waals surface area contributed by atoms with Gasteiger partial charge in [0, 0.05) is 31.0 Å². The maximum atomic E-state index is 13.8. The zero-order chi connectivity index (χ0) is 25.1. The number of rotatable bonds is 5. The van der Waals surface area contributed by atoms with Gasteiger partial charge in [0.05, 0.1) is 15.9 Å². The van der Waals surface area contributed by atoms with Crippen LogP contribution in [0.2, 0.25) is 0 Å². The minimum atomic E-state index is -0.331. The van der Waals surface area contributed by atoms with E-state index >= 15 is 0 Å². The third-order valence-corrected chi connectivity index (χ3v) is 8.51. The summed E-state index contributed by atoms with van der Waals surface area (Å²) in [6.45, 7) is 5.04. The second kappa shape index (κ2) is 8.55. The molecule has 2 fully saturated rings. The van der Waals surface area contributed by atoms with Gasteiger partial charge in [-0.1, -0.05) is 29.8 Å². The first kappa shape index (κ1) is 22.9. The van der Waals surface area contributed by atoms with Crippen molar-refractivity contribution >= 4 is 34.1 Å². The summed E-state index contributed by atoms with van der Waals surface area (Å²) in [5.74, 6) is 0.261. The predicted octanol–water partition coefficient (Wildman–Crippen LogP) is 4.95. The normalized spacial score (nSPS) is 20.6. The zero-order valence-electron chi connectivity index (χ0n) is 20.4. The first-order valence-electron chi connectivity index (χ1n) is 12.2. The van der Waals surface area contributed by atoms with Crippen LogP contribution in [0.4, 0.5) is 4.39 Å². The van der Waals surface area contributed by atoms with Crippen LogP contribution in [0.1, 0.15) is 38.0 Å². The Balaban J connectivity index is 1.22. The number of benzene rings is 2. The van der Waals surface area contributed by atoms with Gasteiger partial charge in [-0.3, -0.25) is 9.59 Å². The lowest BCUT2D eigenvalue weighted by atomic mass is 10.1. The molecule has 0 unspecified atom stereocenters. The van der Waals surface area contributed by atoms with Crippen LogP contribution in [0.15, 0.2) is 48.5 Å². The van der Waals surface area contributed by atoms with Crippen LogP contribution in [-0.2, 0) is 7.05 Å². The fraction of sp³-hybridized carbons (Fsp3) is 0.321. The zero-order valence-corrected chi connectivity index (χ0v) is 21.2. The average molecular weight is 503 g/mol. The molecule has 6 rings (SSSR count). The Kier molecular flexibility index (Phi) is 5.44. The molecule has 3 atom stereocenters. The molecular weight excluding hydrogens is 475 g/mol. The van der Waals surface area contributed by atoms with Crippen molar-refractivity contribution in [2.75, 3.05) is 13.1 Å². The van der Waals surface area contributed by atoms with Crippen molar-refractivity contribution in [1.82, 2.24) is 19.8 Å². The van der Waals surface area contributed by atoms with Gasteiger partial charge in [-0.15, -0.1) is 11.3 Å². The van der Waals surface area contributed by atoms with E-state index in [0.717, 1.165) is 32.9 Å². The van der Waals surface area contributed by atoms with E-state index in [9.17, 15) is 14.0 Å². The van der Waals surface area contributed by atoms with Gasteiger partial charge in [-0.05, 0) is 61.9 Å². The highest BCUT2D eigenvalue weighted by Gasteiger charge is 2.54. The number of aryl methyl sites for hydroxylation is 3. The number of amides is 2. The molecule has 6 nitrogen and oxygen atoms in total. The van der Waals surface area contributed by atoms with Crippen LogP contribution in [-0.4, -0.2) is 45.4 Å². The number of carbonyl (C=O) groups excluding carboxylic acids is 2. The third kappa shape index (κ3) is 3.89. The summed E-state index contributed by atoms with van der Waals surface area (Å²) >= 11 is 1.54. The number of halogens is 1. The van der Waals surface area contributed by atoms with Crippen molar-refractivity contribution in [3.8, 4) is 10.4 Å². The van der Waals surface area contributed by atoms with Crippen molar-refractivity contribution in [2.24, 2.45) is 18.9 Å². The van der Waals surface area contributed by atoms with Gasteiger partial charge in [0.15, 0.2) is 0 Å². The maximum absolute atomic E-state index is 13.8. The third-order valence-electron chi connectivity index (χ3n) is 7.49. The lowest BCUT2D eigenvalue weighted by Crippen LogP contribution is -2.46. The van der Waals surface area contributed by atoms with Crippen LogP contribution in [0.25, 0.3) is 21.3 Å². The van der Waals surface area contributed by atoms with E-state index in [1.54, 1.807) is 23.7 Å². The summed E-state index contributed by atoms with van der Waals surface area (Å²) in [5.41, 5.74) is 3.90. The molecule has 0 spiro atoms. The molecule has 4 aromatic rings. The van der Waals surface area contributed by atoms with Crippen molar-refractivity contribution in [2.45, 2.75) is 26.3 Å².